The Morgan fingerprint density at radius 1 is 1.44 bits per heavy atom. The molecular weight excluding hydrogens is 363 g/mol. The summed E-state index contributed by atoms with van der Waals surface area (Å²) < 4.78 is 18.9. The zero-order chi connectivity index (χ0) is 17.6. The Labute approximate surface area is 155 Å². The minimum atomic E-state index is -0.502. The number of nitrogens with one attached hydrogen (secondary N) is 1. The fourth-order valence-electron chi connectivity index (χ4n) is 2.86. The van der Waals surface area contributed by atoms with E-state index < -0.39 is 5.82 Å². The van der Waals surface area contributed by atoms with Crippen molar-refractivity contribution >= 4 is 34.5 Å². The van der Waals surface area contributed by atoms with E-state index in [9.17, 15) is 9.18 Å². The van der Waals surface area contributed by atoms with Gasteiger partial charge < -0.3 is 10.1 Å². The molecule has 1 aliphatic heterocycles. The number of benzene rings is 1. The first-order valence-corrected chi connectivity index (χ1v) is 9.47. The predicted molar refractivity (Wildman–Crippen MR) is 98.6 cm³/mol. The molecule has 1 atom stereocenters. The van der Waals surface area contributed by atoms with Gasteiger partial charge in [0.1, 0.15) is 5.82 Å². The van der Waals surface area contributed by atoms with Crippen molar-refractivity contribution in [1.29, 1.82) is 0 Å². The van der Waals surface area contributed by atoms with Crippen molar-refractivity contribution in [3.8, 4) is 0 Å². The summed E-state index contributed by atoms with van der Waals surface area (Å²) in [6.07, 6.45) is 2.27. The Morgan fingerprint density at radius 3 is 3.00 bits per heavy atom. The van der Waals surface area contributed by atoms with Crippen LogP contribution in [0.3, 0.4) is 0 Å². The summed E-state index contributed by atoms with van der Waals surface area (Å²) in [6.45, 7) is 2.45. The Kier molecular flexibility index (Phi) is 6.42. The number of nitrogens with zero attached hydrogens (tertiary/aromatic N) is 1. The van der Waals surface area contributed by atoms with Crippen molar-refractivity contribution in [3.05, 3.63) is 51.4 Å². The molecule has 1 aromatic carbocycles. The molecule has 2 heterocycles. The molecule has 0 saturated carbocycles. The standard InChI is InChI=1S/C18H20ClFN2O2S/c19-16-9-13(5-6-17(16)20)21-18(23)12-22(10-14-3-1-7-24-14)11-15-4-2-8-25-15/h2,4-6,8-9,14H,1,3,7,10-12H2,(H,21,23)/t14-/m0/s1. The van der Waals surface area contributed by atoms with Crippen molar-refractivity contribution in [2.45, 2.75) is 25.5 Å². The molecule has 1 amide bonds. The number of ether oxygens (including phenoxy) is 1. The van der Waals surface area contributed by atoms with Gasteiger partial charge in [-0.3, -0.25) is 9.69 Å². The third-order valence-corrected chi connectivity index (χ3v) is 5.17. The van der Waals surface area contributed by atoms with E-state index in [1.165, 1.54) is 23.1 Å². The van der Waals surface area contributed by atoms with Gasteiger partial charge in [-0.2, -0.15) is 0 Å². The summed E-state index contributed by atoms with van der Waals surface area (Å²) >= 11 is 7.43. The Bertz CT molecular complexity index is 705. The van der Waals surface area contributed by atoms with Gasteiger partial charge in [0.25, 0.3) is 0 Å². The highest BCUT2D eigenvalue weighted by molar-refractivity contribution is 7.09. The van der Waals surface area contributed by atoms with Gasteiger partial charge in [0.2, 0.25) is 5.91 Å². The molecule has 0 radical (unpaired) electrons. The number of hydrogen-bond donors (Lipinski definition) is 1. The average molecular weight is 383 g/mol. The van der Waals surface area contributed by atoms with Gasteiger partial charge in [-0.15, -0.1) is 11.3 Å². The second-order valence-corrected chi connectivity index (χ2v) is 7.50. The van der Waals surface area contributed by atoms with Crippen LogP contribution < -0.4 is 5.32 Å². The van der Waals surface area contributed by atoms with E-state index >= 15 is 0 Å². The Balaban J connectivity index is 1.61. The van der Waals surface area contributed by atoms with E-state index in [-0.39, 0.29) is 23.6 Å². The molecule has 134 valence electrons. The zero-order valence-electron chi connectivity index (χ0n) is 13.7. The zero-order valence-corrected chi connectivity index (χ0v) is 15.3. The van der Waals surface area contributed by atoms with Gasteiger partial charge >= 0.3 is 0 Å². The number of amides is 1. The number of hydrogen-bond acceptors (Lipinski definition) is 4. The highest BCUT2D eigenvalue weighted by Crippen LogP contribution is 2.20. The van der Waals surface area contributed by atoms with Gasteiger partial charge in [-0.25, -0.2) is 4.39 Å². The summed E-state index contributed by atoms with van der Waals surface area (Å²) in [7, 11) is 0. The highest BCUT2D eigenvalue weighted by Gasteiger charge is 2.21. The summed E-state index contributed by atoms with van der Waals surface area (Å²) in [5.41, 5.74) is 0.490. The molecule has 1 fully saturated rings. The third-order valence-electron chi connectivity index (χ3n) is 4.02. The van der Waals surface area contributed by atoms with Crippen LogP contribution >= 0.6 is 22.9 Å². The first kappa shape index (κ1) is 18.3. The lowest BCUT2D eigenvalue weighted by Gasteiger charge is -2.24. The molecule has 0 unspecified atom stereocenters. The summed E-state index contributed by atoms with van der Waals surface area (Å²) in [5.74, 6) is -0.658. The fraction of sp³-hybridized carbons (Fsp3) is 0.389. The lowest BCUT2D eigenvalue weighted by molar-refractivity contribution is -0.117. The second kappa shape index (κ2) is 8.76. The van der Waals surface area contributed by atoms with Crippen LogP contribution in [0.1, 0.15) is 17.7 Å². The normalized spacial score (nSPS) is 17.2. The molecule has 1 aliphatic rings. The molecule has 1 saturated heterocycles. The van der Waals surface area contributed by atoms with E-state index in [1.807, 2.05) is 11.4 Å². The summed E-state index contributed by atoms with van der Waals surface area (Å²) in [4.78, 5) is 15.7. The van der Waals surface area contributed by atoms with Crippen molar-refractivity contribution in [2.24, 2.45) is 0 Å². The molecule has 25 heavy (non-hydrogen) atoms. The van der Waals surface area contributed by atoms with Crippen molar-refractivity contribution < 1.29 is 13.9 Å². The van der Waals surface area contributed by atoms with Gasteiger partial charge in [0, 0.05) is 30.3 Å². The molecule has 0 spiro atoms. The Morgan fingerprint density at radius 2 is 2.32 bits per heavy atom. The molecule has 1 N–H and O–H groups in total. The van der Waals surface area contributed by atoms with E-state index in [0.29, 0.717) is 12.2 Å². The lowest BCUT2D eigenvalue weighted by Crippen LogP contribution is -2.37. The first-order valence-electron chi connectivity index (χ1n) is 8.21. The van der Waals surface area contributed by atoms with E-state index in [1.54, 1.807) is 11.3 Å². The summed E-state index contributed by atoms with van der Waals surface area (Å²) in [5, 5.41) is 4.80. The van der Waals surface area contributed by atoms with Crippen molar-refractivity contribution in [2.75, 3.05) is 25.0 Å². The molecule has 0 aliphatic carbocycles. The van der Waals surface area contributed by atoms with E-state index in [4.69, 9.17) is 16.3 Å². The number of carbonyl (C=O) groups excluding carboxylic acids is 1. The molecule has 0 bridgehead atoms. The monoisotopic (exact) mass is 382 g/mol. The smallest absolute Gasteiger partial charge is 0.238 e. The molecule has 3 rings (SSSR count). The molecule has 4 nitrogen and oxygen atoms in total. The van der Waals surface area contributed by atoms with Crippen LogP contribution in [-0.2, 0) is 16.1 Å². The van der Waals surface area contributed by atoms with Crippen molar-refractivity contribution in [1.82, 2.24) is 4.90 Å². The first-order chi connectivity index (χ1) is 12.1. The van der Waals surface area contributed by atoms with Crippen LogP contribution in [0.25, 0.3) is 0 Å². The number of rotatable bonds is 7. The predicted octanol–water partition coefficient (Wildman–Crippen LogP) is 4.16. The van der Waals surface area contributed by atoms with E-state index in [2.05, 4.69) is 16.3 Å². The summed E-state index contributed by atoms with van der Waals surface area (Å²) in [6, 6.07) is 8.23. The maximum absolute atomic E-state index is 13.2. The van der Waals surface area contributed by atoms with Crippen LogP contribution in [0.4, 0.5) is 10.1 Å². The Hall–Kier alpha value is -1.47. The second-order valence-electron chi connectivity index (χ2n) is 6.06. The van der Waals surface area contributed by atoms with E-state index in [0.717, 1.165) is 26.0 Å². The average Bonchev–Trinajstić information content (AvgIpc) is 3.25. The number of carbonyl (C=O) groups is 1. The minimum absolute atomic E-state index is 0.00685. The van der Waals surface area contributed by atoms with Gasteiger partial charge in [-0.1, -0.05) is 17.7 Å². The minimum Gasteiger partial charge on any atom is -0.377 e. The van der Waals surface area contributed by atoms with Crippen LogP contribution in [0.15, 0.2) is 35.7 Å². The quantitative estimate of drug-likeness (QED) is 0.781. The van der Waals surface area contributed by atoms with Crippen LogP contribution in [-0.4, -0.2) is 36.6 Å². The maximum Gasteiger partial charge on any atom is 0.238 e. The topological polar surface area (TPSA) is 41.6 Å². The molecule has 7 heteroatoms. The largest absolute Gasteiger partial charge is 0.377 e. The molecular formula is C18H20ClFN2O2S. The number of halogens is 2. The van der Waals surface area contributed by atoms with Crippen LogP contribution in [0, 0.1) is 5.82 Å². The van der Waals surface area contributed by atoms with Gasteiger partial charge in [0.15, 0.2) is 0 Å². The lowest BCUT2D eigenvalue weighted by atomic mass is 10.2. The SMILES string of the molecule is O=C(CN(Cc1cccs1)C[C@@H]1CCCO1)Nc1ccc(F)c(Cl)c1. The van der Waals surface area contributed by atoms with Gasteiger partial charge in [0.05, 0.1) is 17.7 Å². The fourth-order valence-corrected chi connectivity index (χ4v) is 3.79. The molecule has 1 aromatic heterocycles. The maximum atomic E-state index is 13.2. The van der Waals surface area contributed by atoms with Crippen molar-refractivity contribution in [3.63, 3.8) is 0 Å². The molecule has 2 aromatic rings. The van der Waals surface area contributed by atoms with Crippen LogP contribution in [0.2, 0.25) is 5.02 Å². The van der Waals surface area contributed by atoms with Gasteiger partial charge in [-0.05, 0) is 42.5 Å². The number of thiophene rings is 1. The number of anilines is 1. The highest BCUT2D eigenvalue weighted by atomic mass is 35.5. The van der Waals surface area contributed by atoms with Crippen LogP contribution in [0.5, 0.6) is 0 Å². The third kappa shape index (κ3) is 5.51.